The SMILES string of the molecule is CN=C(NCc1ccc(C)cc1OC1CCOC1)NCC(C)c1cccs1.I. The van der Waals surface area contributed by atoms with E-state index in [4.69, 9.17) is 9.47 Å². The van der Waals surface area contributed by atoms with Gasteiger partial charge in [0, 0.05) is 42.9 Å². The molecule has 1 fully saturated rings. The largest absolute Gasteiger partial charge is 0.488 e. The number of nitrogens with one attached hydrogen (secondary N) is 2. The molecule has 5 nitrogen and oxygen atoms in total. The Bertz CT molecular complexity index is 746. The minimum Gasteiger partial charge on any atom is -0.488 e. The van der Waals surface area contributed by atoms with Gasteiger partial charge in [-0.05, 0) is 30.0 Å². The number of thiophene rings is 1. The third-order valence-corrected chi connectivity index (χ3v) is 5.78. The van der Waals surface area contributed by atoms with Crippen molar-refractivity contribution in [2.45, 2.75) is 38.8 Å². The molecule has 0 amide bonds. The number of hydrogen-bond acceptors (Lipinski definition) is 4. The fourth-order valence-electron chi connectivity index (χ4n) is 3.02. The van der Waals surface area contributed by atoms with Crippen molar-refractivity contribution in [1.29, 1.82) is 0 Å². The summed E-state index contributed by atoms with van der Waals surface area (Å²) in [6.45, 7) is 7.27. The molecule has 2 atom stereocenters. The zero-order chi connectivity index (χ0) is 19.1. The molecule has 3 rings (SSSR count). The van der Waals surface area contributed by atoms with Crippen LogP contribution in [0.1, 0.15) is 35.3 Å². The molecule has 1 aromatic carbocycles. The molecule has 0 aliphatic carbocycles. The number of rotatable bonds is 7. The Morgan fingerprint density at radius 1 is 1.36 bits per heavy atom. The average Bonchev–Trinajstić information content (AvgIpc) is 3.37. The topological polar surface area (TPSA) is 54.9 Å². The van der Waals surface area contributed by atoms with Crippen molar-refractivity contribution < 1.29 is 9.47 Å². The number of halogens is 1. The first kappa shape index (κ1) is 23.0. The van der Waals surface area contributed by atoms with Crippen molar-refractivity contribution in [1.82, 2.24) is 10.6 Å². The van der Waals surface area contributed by atoms with Gasteiger partial charge in [0.25, 0.3) is 0 Å². The van der Waals surface area contributed by atoms with Crippen LogP contribution in [0, 0.1) is 6.92 Å². The minimum absolute atomic E-state index is 0. The van der Waals surface area contributed by atoms with Gasteiger partial charge in [0.1, 0.15) is 11.9 Å². The van der Waals surface area contributed by atoms with Crippen LogP contribution in [0.5, 0.6) is 5.75 Å². The number of hydrogen-bond donors (Lipinski definition) is 2. The summed E-state index contributed by atoms with van der Waals surface area (Å²) in [5.41, 5.74) is 2.32. The van der Waals surface area contributed by atoms with Crippen molar-refractivity contribution in [3.8, 4) is 5.75 Å². The van der Waals surface area contributed by atoms with E-state index in [9.17, 15) is 0 Å². The third kappa shape index (κ3) is 6.63. The van der Waals surface area contributed by atoms with Crippen LogP contribution in [-0.2, 0) is 11.3 Å². The van der Waals surface area contributed by atoms with Gasteiger partial charge in [-0.2, -0.15) is 0 Å². The highest BCUT2D eigenvalue weighted by atomic mass is 127. The lowest BCUT2D eigenvalue weighted by molar-refractivity contribution is 0.140. The Hall–Kier alpha value is -1.32. The normalized spacial score (nSPS) is 17.7. The van der Waals surface area contributed by atoms with Crippen LogP contribution in [-0.4, -0.2) is 38.9 Å². The molecular weight excluding hydrogens is 485 g/mol. The lowest BCUT2D eigenvalue weighted by Gasteiger charge is -2.18. The molecule has 0 spiro atoms. The molecule has 2 heterocycles. The molecule has 2 N–H and O–H groups in total. The van der Waals surface area contributed by atoms with Crippen LogP contribution in [0.15, 0.2) is 40.7 Å². The summed E-state index contributed by atoms with van der Waals surface area (Å²) in [5.74, 6) is 2.18. The van der Waals surface area contributed by atoms with Crippen molar-refractivity contribution >= 4 is 41.3 Å². The Kier molecular flexibility index (Phi) is 9.53. The third-order valence-electron chi connectivity index (χ3n) is 4.68. The van der Waals surface area contributed by atoms with Crippen LogP contribution in [0.4, 0.5) is 0 Å². The number of ether oxygens (including phenoxy) is 2. The van der Waals surface area contributed by atoms with Gasteiger partial charge in [0.2, 0.25) is 0 Å². The predicted octanol–water partition coefficient (Wildman–Crippen LogP) is 4.31. The van der Waals surface area contributed by atoms with Crippen LogP contribution in [0.25, 0.3) is 0 Å². The fraction of sp³-hybridized carbons (Fsp3) is 0.476. The molecule has 154 valence electrons. The van der Waals surface area contributed by atoms with Crippen LogP contribution in [0.2, 0.25) is 0 Å². The molecule has 2 unspecified atom stereocenters. The molecule has 1 aliphatic rings. The fourth-order valence-corrected chi connectivity index (χ4v) is 3.81. The van der Waals surface area contributed by atoms with Gasteiger partial charge in [-0.3, -0.25) is 4.99 Å². The number of benzene rings is 1. The van der Waals surface area contributed by atoms with Crippen molar-refractivity contribution in [3.05, 3.63) is 51.7 Å². The van der Waals surface area contributed by atoms with Gasteiger partial charge < -0.3 is 20.1 Å². The molecule has 1 aromatic heterocycles. The molecule has 1 aliphatic heterocycles. The molecule has 0 saturated carbocycles. The summed E-state index contributed by atoms with van der Waals surface area (Å²) in [6.07, 6.45) is 1.10. The van der Waals surface area contributed by atoms with Gasteiger partial charge in [-0.15, -0.1) is 35.3 Å². The smallest absolute Gasteiger partial charge is 0.191 e. The summed E-state index contributed by atoms with van der Waals surface area (Å²) in [7, 11) is 1.80. The monoisotopic (exact) mass is 515 g/mol. The van der Waals surface area contributed by atoms with Gasteiger partial charge in [0.05, 0.1) is 13.2 Å². The van der Waals surface area contributed by atoms with E-state index in [1.165, 1.54) is 10.4 Å². The molecule has 28 heavy (non-hydrogen) atoms. The van der Waals surface area contributed by atoms with Gasteiger partial charge in [-0.1, -0.05) is 25.1 Å². The number of nitrogens with zero attached hydrogens (tertiary/aromatic N) is 1. The zero-order valence-corrected chi connectivity index (χ0v) is 19.9. The Balaban J connectivity index is 0.00000280. The van der Waals surface area contributed by atoms with E-state index in [0.717, 1.165) is 36.8 Å². The maximum absolute atomic E-state index is 6.18. The maximum Gasteiger partial charge on any atom is 0.191 e. The highest BCUT2D eigenvalue weighted by Gasteiger charge is 2.19. The lowest BCUT2D eigenvalue weighted by Crippen LogP contribution is -2.38. The second kappa shape index (κ2) is 11.6. The summed E-state index contributed by atoms with van der Waals surface area (Å²) in [5, 5.41) is 8.94. The van der Waals surface area contributed by atoms with Gasteiger partial charge in [-0.25, -0.2) is 0 Å². The summed E-state index contributed by atoms with van der Waals surface area (Å²) in [6, 6.07) is 10.6. The molecule has 0 radical (unpaired) electrons. The van der Waals surface area contributed by atoms with Crippen molar-refractivity contribution in [2.24, 2.45) is 4.99 Å². The van der Waals surface area contributed by atoms with E-state index >= 15 is 0 Å². The van der Waals surface area contributed by atoms with E-state index in [1.54, 1.807) is 18.4 Å². The molecule has 2 aromatic rings. The number of aliphatic imine (C=N–C) groups is 1. The first-order valence-corrected chi connectivity index (χ1v) is 10.4. The molecule has 1 saturated heterocycles. The number of aryl methyl sites for hydroxylation is 1. The molecular formula is C21H30IN3O2S. The molecule has 7 heteroatoms. The number of guanidine groups is 1. The predicted molar refractivity (Wildman–Crippen MR) is 127 cm³/mol. The summed E-state index contributed by atoms with van der Waals surface area (Å²) >= 11 is 1.79. The maximum atomic E-state index is 6.18. The average molecular weight is 515 g/mol. The van der Waals surface area contributed by atoms with E-state index in [-0.39, 0.29) is 30.1 Å². The van der Waals surface area contributed by atoms with Gasteiger partial charge >= 0.3 is 0 Å². The summed E-state index contributed by atoms with van der Waals surface area (Å²) < 4.78 is 11.6. The van der Waals surface area contributed by atoms with E-state index in [0.29, 0.717) is 19.1 Å². The minimum atomic E-state index is 0. The lowest BCUT2D eigenvalue weighted by atomic mass is 10.1. The van der Waals surface area contributed by atoms with Crippen LogP contribution >= 0.6 is 35.3 Å². The first-order chi connectivity index (χ1) is 13.2. The van der Waals surface area contributed by atoms with E-state index in [1.807, 2.05) is 0 Å². The Morgan fingerprint density at radius 2 is 2.21 bits per heavy atom. The van der Waals surface area contributed by atoms with Crippen LogP contribution in [0.3, 0.4) is 0 Å². The van der Waals surface area contributed by atoms with E-state index < -0.39 is 0 Å². The standard InChI is InChI=1S/C21H29N3O2S.HI/c1-15-6-7-17(19(11-15)26-18-8-9-25-14-18)13-24-21(22-3)23-12-16(2)20-5-4-10-27-20;/h4-7,10-11,16,18H,8-9,12-14H2,1-3H3,(H2,22,23,24);1H. The Labute approximate surface area is 189 Å². The first-order valence-electron chi connectivity index (χ1n) is 9.47. The highest BCUT2D eigenvalue weighted by Crippen LogP contribution is 2.24. The second-order valence-corrected chi connectivity index (χ2v) is 7.92. The van der Waals surface area contributed by atoms with Crippen LogP contribution < -0.4 is 15.4 Å². The Morgan fingerprint density at radius 3 is 2.89 bits per heavy atom. The molecule has 0 bridgehead atoms. The van der Waals surface area contributed by atoms with Crippen molar-refractivity contribution in [3.63, 3.8) is 0 Å². The highest BCUT2D eigenvalue weighted by molar-refractivity contribution is 14.0. The quantitative estimate of drug-likeness (QED) is 0.328. The van der Waals surface area contributed by atoms with E-state index in [2.05, 4.69) is 65.2 Å². The second-order valence-electron chi connectivity index (χ2n) is 6.94. The summed E-state index contributed by atoms with van der Waals surface area (Å²) in [4.78, 5) is 5.72. The van der Waals surface area contributed by atoms with Crippen molar-refractivity contribution in [2.75, 3.05) is 26.8 Å². The zero-order valence-electron chi connectivity index (χ0n) is 16.7. The van der Waals surface area contributed by atoms with Gasteiger partial charge in [0.15, 0.2) is 5.96 Å².